The molecule has 2 aromatic heterocycles. The number of rotatable bonds is 9. The van der Waals surface area contributed by atoms with Crippen molar-refractivity contribution in [3.8, 4) is 0 Å². The Morgan fingerprint density at radius 1 is 1.25 bits per heavy atom. The van der Waals surface area contributed by atoms with E-state index in [1.807, 2.05) is 6.92 Å². The predicted octanol–water partition coefficient (Wildman–Crippen LogP) is 3.70. The summed E-state index contributed by atoms with van der Waals surface area (Å²) in [6.07, 6.45) is 10.4. The van der Waals surface area contributed by atoms with Crippen LogP contribution in [0.25, 0.3) is 10.2 Å². The Hall–Kier alpha value is -1.77. The lowest BCUT2D eigenvalue weighted by Gasteiger charge is -2.35. The molecule has 0 saturated heterocycles. The van der Waals surface area contributed by atoms with Crippen molar-refractivity contribution in [1.82, 2.24) is 14.9 Å². The summed E-state index contributed by atoms with van der Waals surface area (Å²) in [5.41, 5.74) is 1.16. The molecule has 1 fully saturated rings. The number of aromatic nitrogens is 2. The molecule has 0 aliphatic heterocycles. The van der Waals surface area contributed by atoms with Gasteiger partial charge >= 0.3 is 5.97 Å². The molecule has 4 rings (SSSR count). The molecule has 0 amide bonds. The van der Waals surface area contributed by atoms with E-state index in [4.69, 9.17) is 9.72 Å². The van der Waals surface area contributed by atoms with Gasteiger partial charge in [-0.05, 0) is 50.5 Å². The number of carbonyl (C=O) groups is 1. The Morgan fingerprint density at radius 3 is 2.81 bits per heavy atom. The Kier molecular flexibility index (Phi) is 7.97. The van der Waals surface area contributed by atoms with Gasteiger partial charge in [0.25, 0.3) is 5.56 Å². The van der Waals surface area contributed by atoms with Crippen LogP contribution in [0.5, 0.6) is 0 Å². The van der Waals surface area contributed by atoms with E-state index in [9.17, 15) is 14.7 Å². The van der Waals surface area contributed by atoms with E-state index in [2.05, 4.69) is 9.88 Å². The second-order valence-electron chi connectivity index (χ2n) is 9.21. The fourth-order valence-corrected chi connectivity index (χ4v) is 6.33. The number of aliphatic hydroxyl groups excluding tert-OH is 1. The number of nitrogens with zero attached hydrogens (tertiary/aromatic N) is 2. The van der Waals surface area contributed by atoms with Gasteiger partial charge in [0.05, 0.1) is 11.9 Å². The molecule has 2 heterocycles. The van der Waals surface area contributed by atoms with Gasteiger partial charge in [-0.15, -0.1) is 11.3 Å². The molecule has 2 aliphatic carbocycles. The molecule has 8 heteroatoms. The third-order valence-corrected chi connectivity index (χ3v) is 7.84. The molecule has 2 aromatic rings. The highest BCUT2D eigenvalue weighted by atomic mass is 32.1. The molecule has 2 N–H and O–H groups in total. The van der Waals surface area contributed by atoms with Crippen molar-refractivity contribution in [2.75, 3.05) is 13.2 Å². The van der Waals surface area contributed by atoms with Gasteiger partial charge in [0, 0.05) is 23.9 Å². The van der Waals surface area contributed by atoms with Gasteiger partial charge in [-0.25, -0.2) is 4.98 Å². The third-order valence-electron chi connectivity index (χ3n) is 6.65. The second-order valence-corrected chi connectivity index (χ2v) is 10.3. The van der Waals surface area contributed by atoms with Crippen LogP contribution in [-0.4, -0.2) is 51.2 Å². The Balaban J connectivity index is 1.50. The molecule has 0 aromatic carbocycles. The highest BCUT2D eigenvalue weighted by molar-refractivity contribution is 7.18. The Morgan fingerprint density at radius 2 is 2.03 bits per heavy atom. The first-order valence-corrected chi connectivity index (χ1v) is 13.0. The number of esters is 1. The largest absolute Gasteiger partial charge is 0.463 e. The number of aryl methyl sites for hydroxylation is 2. The SMILES string of the molecule is CCCC(=O)OC[C@@H](O)CN(Cc1nc2sc3c(c2c(=O)[nH]1)CCCC3)C1CCCCC1. The van der Waals surface area contributed by atoms with E-state index >= 15 is 0 Å². The van der Waals surface area contributed by atoms with Crippen molar-refractivity contribution >= 4 is 27.5 Å². The monoisotopic (exact) mass is 461 g/mol. The van der Waals surface area contributed by atoms with Crippen molar-refractivity contribution in [2.24, 2.45) is 0 Å². The van der Waals surface area contributed by atoms with Gasteiger partial charge in [-0.1, -0.05) is 26.2 Å². The molecule has 1 saturated carbocycles. The zero-order valence-electron chi connectivity index (χ0n) is 19.0. The quantitative estimate of drug-likeness (QED) is 0.553. The van der Waals surface area contributed by atoms with E-state index in [-0.39, 0.29) is 18.1 Å². The van der Waals surface area contributed by atoms with Crippen LogP contribution in [0.3, 0.4) is 0 Å². The number of thiophene rings is 1. The summed E-state index contributed by atoms with van der Waals surface area (Å²) in [5.74, 6) is 0.385. The molecular formula is C24H35N3O4S. The molecule has 1 atom stereocenters. The molecule has 0 radical (unpaired) electrons. The normalized spacial score (nSPS) is 18.1. The van der Waals surface area contributed by atoms with E-state index in [1.54, 1.807) is 11.3 Å². The minimum atomic E-state index is -0.762. The average Bonchev–Trinajstić information content (AvgIpc) is 3.17. The Labute approximate surface area is 193 Å². The van der Waals surface area contributed by atoms with Crippen LogP contribution in [-0.2, 0) is 28.9 Å². The average molecular weight is 462 g/mol. The van der Waals surface area contributed by atoms with Gasteiger partial charge in [-0.2, -0.15) is 0 Å². The van der Waals surface area contributed by atoms with Crippen molar-refractivity contribution < 1.29 is 14.6 Å². The number of hydrogen-bond acceptors (Lipinski definition) is 7. The lowest BCUT2D eigenvalue weighted by Crippen LogP contribution is -2.43. The summed E-state index contributed by atoms with van der Waals surface area (Å²) in [5, 5.41) is 11.4. The van der Waals surface area contributed by atoms with Gasteiger partial charge < -0.3 is 14.8 Å². The summed E-state index contributed by atoms with van der Waals surface area (Å²) in [6, 6.07) is 0.335. The summed E-state index contributed by atoms with van der Waals surface area (Å²) in [6.45, 7) is 2.81. The fourth-order valence-electron chi connectivity index (χ4n) is 5.05. The van der Waals surface area contributed by atoms with E-state index in [0.29, 0.717) is 31.4 Å². The number of aromatic amines is 1. The van der Waals surface area contributed by atoms with Crippen molar-refractivity contribution in [3.63, 3.8) is 0 Å². The zero-order valence-corrected chi connectivity index (χ0v) is 19.8. The first-order valence-electron chi connectivity index (χ1n) is 12.2. The molecule has 2 aliphatic rings. The molecule has 0 bridgehead atoms. The maximum Gasteiger partial charge on any atom is 0.305 e. The van der Waals surface area contributed by atoms with Crippen LogP contribution in [0, 0.1) is 0 Å². The minimum Gasteiger partial charge on any atom is -0.463 e. The second kappa shape index (κ2) is 10.9. The van der Waals surface area contributed by atoms with E-state index in [0.717, 1.165) is 48.7 Å². The number of ether oxygens (including phenoxy) is 1. The van der Waals surface area contributed by atoms with Crippen molar-refractivity contribution in [2.45, 2.75) is 96.2 Å². The lowest BCUT2D eigenvalue weighted by molar-refractivity contribution is -0.147. The number of hydrogen-bond donors (Lipinski definition) is 2. The van der Waals surface area contributed by atoms with Gasteiger partial charge in [0.1, 0.15) is 23.4 Å². The number of nitrogens with one attached hydrogen (secondary N) is 1. The van der Waals surface area contributed by atoms with Gasteiger partial charge in [-0.3, -0.25) is 14.5 Å². The third kappa shape index (κ3) is 5.58. The number of fused-ring (bicyclic) bond motifs is 3. The zero-order chi connectivity index (χ0) is 22.5. The van der Waals surface area contributed by atoms with Crippen LogP contribution >= 0.6 is 11.3 Å². The summed E-state index contributed by atoms with van der Waals surface area (Å²) in [7, 11) is 0. The van der Waals surface area contributed by atoms with Crippen LogP contribution in [0.15, 0.2) is 4.79 Å². The van der Waals surface area contributed by atoms with Gasteiger partial charge in [0.15, 0.2) is 0 Å². The van der Waals surface area contributed by atoms with Crippen molar-refractivity contribution in [3.05, 3.63) is 26.6 Å². The highest BCUT2D eigenvalue weighted by Crippen LogP contribution is 2.33. The van der Waals surface area contributed by atoms with Crippen LogP contribution in [0.2, 0.25) is 0 Å². The first-order chi connectivity index (χ1) is 15.5. The standard InChI is InChI=1S/C24H35N3O4S/c1-2-8-21(29)31-15-17(28)13-27(16-9-4-3-5-10-16)14-20-25-23(30)22-18-11-6-7-12-19(18)32-24(22)26-20/h16-17,28H,2-15H2,1H3,(H,25,26,30)/t17-/m0/s1. The molecule has 32 heavy (non-hydrogen) atoms. The summed E-state index contributed by atoms with van der Waals surface area (Å²) in [4.78, 5) is 36.8. The van der Waals surface area contributed by atoms with Gasteiger partial charge in [0.2, 0.25) is 0 Å². The first kappa shape index (κ1) is 23.4. The topological polar surface area (TPSA) is 95.5 Å². The van der Waals surface area contributed by atoms with E-state index < -0.39 is 6.10 Å². The smallest absolute Gasteiger partial charge is 0.305 e. The molecule has 0 unspecified atom stereocenters. The number of carbonyl (C=O) groups excluding carboxylic acids is 1. The predicted molar refractivity (Wildman–Crippen MR) is 126 cm³/mol. The molecule has 7 nitrogen and oxygen atoms in total. The highest BCUT2D eigenvalue weighted by Gasteiger charge is 2.26. The van der Waals surface area contributed by atoms with Crippen LogP contribution in [0.4, 0.5) is 0 Å². The maximum absolute atomic E-state index is 12.9. The molecule has 0 spiro atoms. The molecule has 176 valence electrons. The number of H-pyrrole nitrogens is 1. The van der Waals surface area contributed by atoms with E-state index in [1.165, 1.54) is 36.1 Å². The fraction of sp³-hybridized carbons (Fsp3) is 0.708. The minimum absolute atomic E-state index is 0.00266. The lowest BCUT2D eigenvalue weighted by atomic mass is 9.94. The summed E-state index contributed by atoms with van der Waals surface area (Å²) >= 11 is 1.66. The molecular weight excluding hydrogens is 426 g/mol. The van der Waals surface area contributed by atoms with Crippen LogP contribution in [0.1, 0.15) is 81.0 Å². The Bertz CT molecular complexity index is 980. The summed E-state index contributed by atoms with van der Waals surface area (Å²) < 4.78 is 5.22. The van der Waals surface area contributed by atoms with Crippen molar-refractivity contribution in [1.29, 1.82) is 0 Å². The maximum atomic E-state index is 12.9. The van der Waals surface area contributed by atoms with Crippen LogP contribution < -0.4 is 5.56 Å². The number of aliphatic hydroxyl groups is 1.